The lowest BCUT2D eigenvalue weighted by Crippen LogP contribution is -2.11. The lowest BCUT2D eigenvalue weighted by atomic mass is 9.93. The van der Waals surface area contributed by atoms with Gasteiger partial charge in [0.05, 0.1) is 10.7 Å². The van der Waals surface area contributed by atoms with Crippen LogP contribution in [0.15, 0.2) is 23.6 Å². The Morgan fingerprint density at radius 3 is 2.56 bits per heavy atom. The Labute approximate surface area is 110 Å². The minimum Gasteiger partial charge on any atom is -0.508 e. The SMILES string of the molecule is CC(C)(C)c1csc(Cc2cc(O)cc(F)c2)n1. The minimum absolute atomic E-state index is 0.0266. The topological polar surface area (TPSA) is 33.1 Å². The summed E-state index contributed by atoms with van der Waals surface area (Å²) >= 11 is 1.57. The molecule has 2 rings (SSSR count). The largest absolute Gasteiger partial charge is 0.508 e. The van der Waals surface area contributed by atoms with Crippen molar-refractivity contribution in [1.29, 1.82) is 0 Å². The molecule has 0 amide bonds. The fourth-order valence-electron chi connectivity index (χ4n) is 1.65. The van der Waals surface area contributed by atoms with Gasteiger partial charge in [-0.3, -0.25) is 0 Å². The third-order valence-corrected chi connectivity index (χ3v) is 3.47. The predicted molar refractivity (Wildman–Crippen MR) is 71.7 cm³/mol. The Morgan fingerprint density at radius 1 is 1.28 bits per heavy atom. The maximum atomic E-state index is 13.1. The van der Waals surface area contributed by atoms with E-state index in [-0.39, 0.29) is 11.2 Å². The van der Waals surface area contributed by atoms with Crippen LogP contribution in [0.5, 0.6) is 5.75 Å². The molecule has 1 aromatic carbocycles. The van der Waals surface area contributed by atoms with Gasteiger partial charge in [0.2, 0.25) is 0 Å². The van der Waals surface area contributed by atoms with Crippen LogP contribution in [0.25, 0.3) is 0 Å². The van der Waals surface area contributed by atoms with Gasteiger partial charge in [-0.2, -0.15) is 0 Å². The molecule has 18 heavy (non-hydrogen) atoms. The zero-order valence-corrected chi connectivity index (χ0v) is 11.5. The molecule has 96 valence electrons. The van der Waals surface area contributed by atoms with Crippen LogP contribution in [-0.4, -0.2) is 10.1 Å². The molecular formula is C14H16FNOS. The first-order valence-corrected chi connectivity index (χ1v) is 6.66. The van der Waals surface area contributed by atoms with Crippen molar-refractivity contribution in [3.05, 3.63) is 45.7 Å². The average molecular weight is 265 g/mol. The molecule has 0 bridgehead atoms. The van der Waals surface area contributed by atoms with Crippen molar-refractivity contribution in [2.24, 2.45) is 0 Å². The van der Waals surface area contributed by atoms with E-state index in [1.807, 2.05) is 5.38 Å². The summed E-state index contributed by atoms with van der Waals surface area (Å²) < 4.78 is 13.1. The Hall–Kier alpha value is -1.42. The number of benzene rings is 1. The molecule has 0 aliphatic rings. The van der Waals surface area contributed by atoms with Crippen molar-refractivity contribution in [3.8, 4) is 5.75 Å². The maximum absolute atomic E-state index is 13.1. The van der Waals surface area contributed by atoms with E-state index in [1.54, 1.807) is 17.4 Å². The van der Waals surface area contributed by atoms with Crippen LogP contribution in [0.4, 0.5) is 4.39 Å². The Bertz CT molecular complexity index is 537. The van der Waals surface area contributed by atoms with E-state index in [0.29, 0.717) is 6.42 Å². The first-order valence-electron chi connectivity index (χ1n) is 5.78. The standard InChI is InChI=1S/C14H16FNOS/c1-14(2,3)12-8-18-13(16-12)6-9-4-10(15)7-11(17)5-9/h4-5,7-8,17H,6H2,1-3H3. The number of phenols is 1. The lowest BCUT2D eigenvalue weighted by molar-refractivity contribution is 0.468. The van der Waals surface area contributed by atoms with Gasteiger partial charge in [-0.15, -0.1) is 11.3 Å². The van der Waals surface area contributed by atoms with E-state index in [9.17, 15) is 9.50 Å². The molecule has 2 nitrogen and oxygen atoms in total. The zero-order chi connectivity index (χ0) is 13.3. The van der Waals surface area contributed by atoms with Crippen LogP contribution < -0.4 is 0 Å². The van der Waals surface area contributed by atoms with Crippen molar-refractivity contribution in [1.82, 2.24) is 4.98 Å². The molecule has 1 N–H and O–H groups in total. The molecule has 2 aromatic rings. The summed E-state index contributed by atoms with van der Waals surface area (Å²) in [6.45, 7) is 6.33. The van der Waals surface area contributed by atoms with E-state index >= 15 is 0 Å². The summed E-state index contributed by atoms with van der Waals surface area (Å²) in [5.41, 5.74) is 1.81. The first kappa shape index (κ1) is 13.0. The Balaban J connectivity index is 2.21. The minimum atomic E-state index is -0.419. The van der Waals surface area contributed by atoms with Crippen molar-refractivity contribution in [2.75, 3.05) is 0 Å². The van der Waals surface area contributed by atoms with E-state index < -0.39 is 5.82 Å². The summed E-state index contributed by atoms with van der Waals surface area (Å²) in [7, 11) is 0. The second-order valence-electron chi connectivity index (χ2n) is 5.37. The van der Waals surface area contributed by atoms with E-state index in [2.05, 4.69) is 25.8 Å². The molecule has 0 saturated heterocycles. The van der Waals surface area contributed by atoms with Crippen LogP contribution in [0.3, 0.4) is 0 Å². The molecule has 0 aliphatic heterocycles. The average Bonchev–Trinajstić information content (AvgIpc) is 2.63. The monoisotopic (exact) mass is 265 g/mol. The van der Waals surface area contributed by atoms with Crippen LogP contribution in [0.1, 0.15) is 37.0 Å². The van der Waals surface area contributed by atoms with Gasteiger partial charge in [-0.05, 0) is 17.7 Å². The zero-order valence-electron chi connectivity index (χ0n) is 10.7. The highest BCUT2D eigenvalue weighted by Gasteiger charge is 2.17. The highest BCUT2D eigenvalue weighted by Crippen LogP contribution is 2.26. The highest BCUT2D eigenvalue weighted by molar-refractivity contribution is 7.09. The smallest absolute Gasteiger partial charge is 0.127 e. The van der Waals surface area contributed by atoms with Gasteiger partial charge in [-0.25, -0.2) is 9.37 Å². The molecule has 4 heteroatoms. The Kier molecular flexibility index (Phi) is 3.39. The molecule has 0 fully saturated rings. The van der Waals surface area contributed by atoms with Crippen molar-refractivity contribution in [3.63, 3.8) is 0 Å². The first-order chi connectivity index (χ1) is 8.34. The fourth-order valence-corrected chi connectivity index (χ4v) is 2.70. The predicted octanol–water partition coefficient (Wildman–Crippen LogP) is 3.88. The molecular weight excluding hydrogens is 249 g/mol. The van der Waals surface area contributed by atoms with E-state index in [4.69, 9.17) is 0 Å². The third-order valence-electron chi connectivity index (χ3n) is 2.62. The molecule has 0 atom stereocenters. The van der Waals surface area contributed by atoms with Crippen LogP contribution >= 0.6 is 11.3 Å². The van der Waals surface area contributed by atoms with Gasteiger partial charge >= 0.3 is 0 Å². The molecule has 1 aromatic heterocycles. The number of nitrogens with zero attached hydrogens (tertiary/aromatic N) is 1. The van der Waals surface area contributed by atoms with Crippen molar-refractivity contribution in [2.45, 2.75) is 32.6 Å². The summed E-state index contributed by atoms with van der Waals surface area (Å²) in [5.74, 6) is -0.463. The molecule has 0 spiro atoms. The van der Waals surface area contributed by atoms with E-state index in [1.165, 1.54) is 6.07 Å². The highest BCUT2D eigenvalue weighted by atomic mass is 32.1. The maximum Gasteiger partial charge on any atom is 0.127 e. The number of aromatic hydroxyl groups is 1. The molecule has 0 aliphatic carbocycles. The molecule has 0 saturated carbocycles. The number of halogens is 1. The Morgan fingerprint density at radius 2 is 2.00 bits per heavy atom. The van der Waals surface area contributed by atoms with Gasteiger partial charge in [-0.1, -0.05) is 20.8 Å². The normalized spacial score (nSPS) is 11.8. The second-order valence-corrected chi connectivity index (χ2v) is 6.31. The van der Waals surface area contributed by atoms with Crippen LogP contribution in [0.2, 0.25) is 0 Å². The number of thiazole rings is 1. The number of hydrogen-bond donors (Lipinski definition) is 1. The van der Waals surface area contributed by atoms with Crippen LogP contribution in [-0.2, 0) is 11.8 Å². The number of rotatable bonds is 2. The summed E-state index contributed by atoms with van der Waals surface area (Å²) in [4.78, 5) is 4.55. The van der Waals surface area contributed by atoms with E-state index in [0.717, 1.165) is 22.3 Å². The van der Waals surface area contributed by atoms with Crippen molar-refractivity contribution < 1.29 is 9.50 Å². The number of hydrogen-bond acceptors (Lipinski definition) is 3. The third kappa shape index (κ3) is 3.07. The lowest BCUT2D eigenvalue weighted by Gasteiger charge is -2.14. The second kappa shape index (κ2) is 4.69. The van der Waals surface area contributed by atoms with Gasteiger partial charge in [0.1, 0.15) is 11.6 Å². The van der Waals surface area contributed by atoms with Gasteiger partial charge < -0.3 is 5.11 Å². The molecule has 0 unspecified atom stereocenters. The quantitative estimate of drug-likeness (QED) is 0.894. The summed E-state index contributed by atoms with van der Waals surface area (Å²) in [6, 6.07) is 4.10. The fraction of sp³-hybridized carbons (Fsp3) is 0.357. The van der Waals surface area contributed by atoms with Gasteiger partial charge in [0.15, 0.2) is 0 Å². The summed E-state index contributed by atoms with van der Waals surface area (Å²) in [6.07, 6.45) is 0.548. The molecule has 0 radical (unpaired) electrons. The van der Waals surface area contributed by atoms with Crippen LogP contribution in [0, 0.1) is 5.82 Å². The number of phenolic OH excluding ortho intramolecular Hbond substituents is 1. The van der Waals surface area contributed by atoms with Crippen molar-refractivity contribution >= 4 is 11.3 Å². The number of aromatic nitrogens is 1. The summed E-state index contributed by atoms with van der Waals surface area (Å²) in [5, 5.41) is 12.3. The van der Waals surface area contributed by atoms with Gasteiger partial charge in [0.25, 0.3) is 0 Å². The molecule has 1 heterocycles. The van der Waals surface area contributed by atoms with Gasteiger partial charge in [0, 0.05) is 23.3 Å².